The molecule has 0 aromatic heterocycles. The number of aliphatic hydroxyl groups excluding tert-OH is 6. The number of hydrogen-bond donors (Lipinski definition) is 7. The third-order valence-electron chi connectivity index (χ3n) is 10.2. The molecule has 0 saturated carbocycles. The van der Waals surface area contributed by atoms with Gasteiger partial charge in [0.25, 0.3) is 5.91 Å². The highest BCUT2D eigenvalue weighted by molar-refractivity contribution is 5.82. The van der Waals surface area contributed by atoms with Crippen molar-refractivity contribution in [3.8, 4) is 0 Å². The first-order valence-electron chi connectivity index (χ1n) is 21.2. The Morgan fingerprint density at radius 3 is 1.79 bits per heavy atom. The van der Waals surface area contributed by atoms with Gasteiger partial charge in [-0.05, 0) is 45.4 Å². The molecule has 7 N–H and O–H groups in total. The minimum Gasteiger partial charge on any atom is -0.394 e. The van der Waals surface area contributed by atoms with Crippen molar-refractivity contribution < 1.29 is 44.9 Å². The van der Waals surface area contributed by atoms with Crippen molar-refractivity contribution in [1.29, 1.82) is 0 Å². The Hall–Kier alpha value is -1.63. The Morgan fingerprint density at radius 1 is 0.698 bits per heavy atom. The lowest BCUT2D eigenvalue weighted by molar-refractivity contribution is -0.302. The SMILES string of the molecule is CCCCCCCCCCCCCC/C=C/[C@H](O)C(=O)N[C@H](CO[C@@H]1O[C@H](CO)[C@@H](O)[C@H](O)[C@H]1O)[C@@H](O)/C=C/CC/C=C(\C)CCCCCCCCC. The van der Waals surface area contributed by atoms with Crippen LogP contribution in [-0.4, -0.2) is 98.7 Å². The monoisotopic (exact) mass is 754 g/mol. The first-order chi connectivity index (χ1) is 25.7. The molecule has 1 amide bonds. The van der Waals surface area contributed by atoms with Crippen molar-refractivity contribution in [1.82, 2.24) is 5.32 Å². The number of carbonyl (C=O) groups excluding carboxylic acids is 1. The molecule has 310 valence electrons. The van der Waals surface area contributed by atoms with Crippen molar-refractivity contribution >= 4 is 5.91 Å². The molecule has 1 rings (SSSR count). The van der Waals surface area contributed by atoms with Crippen LogP contribution in [0.2, 0.25) is 0 Å². The Labute approximate surface area is 322 Å². The largest absolute Gasteiger partial charge is 0.394 e. The van der Waals surface area contributed by atoms with Gasteiger partial charge in [0.2, 0.25) is 0 Å². The summed E-state index contributed by atoms with van der Waals surface area (Å²) in [6.45, 7) is 5.67. The van der Waals surface area contributed by atoms with Crippen LogP contribution >= 0.6 is 0 Å². The molecule has 0 bridgehead atoms. The van der Waals surface area contributed by atoms with Gasteiger partial charge in [0.05, 0.1) is 25.4 Å². The predicted octanol–water partition coefficient (Wildman–Crippen LogP) is 7.08. The standard InChI is InChI=1S/C43H79NO9/c1-4-6-8-10-12-13-14-15-16-17-18-20-22-26-31-37(47)42(51)44-35(33-52-43-41(50)40(49)39(48)38(32-45)53-43)36(46)30-27-23-25-29-34(3)28-24-21-19-11-9-7-5-2/h26-27,29-31,35-41,43,45-50H,4-25,28,32-33H2,1-3H3,(H,44,51)/b30-27+,31-26+,34-29+/t35-,36+,37+,38-,39-,40+,41-,43-/m1/s1. The summed E-state index contributed by atoms with van der Waals surface area (Å²) in [6.07, 6.45) is 26.3. The third-order valence-corrected chi connectivity index (χ3v) is 10.2. The van der Waals surface area contributed by atoms with E-state index in [1.165, 1.54) is 121 Å². The Kier molecular flexibility index (Phi) is 30.4. The summed E-state index contributed by atoms with van der Waals surface area (Å²) in [6, 6.07) is -1.03. The molecule has 10 nitrogen and oxygen atoms in total. The lowest BCUT2D eigenvalue weighted by Crippen LogP contribution is -2.60. The Bertz CT molecular complexity index is 971. The molecule has 8 atom stereocenters. The van der Waals surface area contributed by atoms with E-state index in [-0.39, 0.29) is 6.61 Å². The van der Waals surface area contributed by atoms with E-state index in [0.717, 1.165) is 32.1 Å². The lowest BCUT2D eigenvalue weighted by Gasteiger charge is -2.40. The van der Waals surface area contributed by atoms with E-state index < -0.39 is 61.5 Å². The minimum atomic E-state index is -1.62. The second kappa shape index (κ2) is 32.6. The van der Waals surface area contributed by atoms with Crippen molar-refractivity contribution in [3.05, 3.63) is 36.0 Å². The van der Waals surface area contributed by atoms with Crippen LogP contribution in [0.5, 0.6) is 0 Å². The highest BCUT2D eigenvalue weighted by atomic mass is 16.7. The fourth-order valence-corrected chi connectivity index (χ4v) is 6.57. The van der Waals surface area contributed by atoms with Crippen molar-refractivity contribution in [3.63, 3.8) is 0 Å². The normalized spacial score (nSPS) is 22.8. The minimum absolute atomic E-state index is 0.341. The maximum Gasteiger partial charge on any atom is 0.253 e. The van der Waals surface area contributed by atoms with Gasteiger partial charge in [-0.2, -0.15) is 0 Å². The molecule has 0 radical (unpaired) electrons. The van der Waals surface area contributed by atoms with Gasteiger partial charge in [0.15, 0.2) is 12.4 Å². The summed E-state index contributed by atoms with van der Waals surface area (Å²) in [7, 11) is 0. The predicted molar refractivity (Wildman–Crippen MR) is 213 cm³/mol. The fourth-order valence-electron chi connectivity index (χ4n) is 6.57. The van der Waals surface area contributed by atoms with Crippen molar-refractivity contribution in [2.24, 2.45) is 0 Å². The van der Waals surface area contributed by atoms with E-state index in [1.807, 2.05) is 6.08 Å². The van der Waals surface area contributed by atoms with Crippen LogP contribution in [0, 0.1) is 0 Å². The van der Waals surface area contributed by atoms with Gasteiger partial charge < -0.3 is 45.4 Å². The maximum absolute atomic E-state index is 13.0. The number of nitrogens with one attached hydrogen (secondary N) is 1. The summed E-state index contributed by atoms with van der Waals surface area (Å²) < 4.78 is 11.1. The van der Waals surface area contributed by atoms with Gasteiger partial charge in [-0.3, -0.25) is 4.79 Å². The molecule has 10 heteroatoms. The van der Waals surface area contributed by atoms with E-state index in [4.69, 9.17) is 9.47 Å². The van der Waals surface area contributed by atoms with Crippen LogP contribution in [0.3, 0.4) is 0 Å². The zero-order valence-electron chi connectivity index (χ0n) is 33.6. The van der Waals surface area contributed by atoms with Crippen LogP contribution in [0.25, 0.3) is 0 Å². The number of amides is 1. The Morgan fingerprint density at radius 2 is 1.23 bits per heavy atom. The summed E-state index contributed by atoms with van der Waals surface area (Å²) in [5, 5.41) is 64.4. The number of carbonyl (C=O) groups is 1. The smallest absolute Gasteiger partial charge is 0.253 e. The number of rotatable bonds is 33. The highest BCUT2D eigenvalue weighted by Gasteiger charge is 2.44. The van der Waals surface area contributed by atoms with E-state index in [2.05, 4.69) is 32.2 Å². The number of unbranched alkanes of at least 4 members (excludes halogenated alkanes) is 19. The van der Waals surface area contributed by atoms with E-state index in [1.54, 1.807) is 12.2 Å². The molecule has 1 saturated heterocycles. The molecule has 53 heavy (non-hydrogen) atoms. The molecule has 0 spiro atoms. The summed E-state index contributed by atoms with van der Waals surface area (Å²) in [4.78, 5) is 13.0. The molecule has 0 aliphatic carbocycles. The second-order valence-corrected chi connectivity index (χ2v) is 15.1. The molecule has 1 fully saturated rings. The zero-order valence-corrected chi connectivity index (χ0v) is 33.6. The van der Waals surface area contributed by atoms with Gasteiger partial charge in [-0.1, -0.05) is 159 Å². The summed E-state index contributed by atoms with van der Waals surface area (Å²) >= 11 is 0. The van der Waals surface area contributed by atoms with Gasteiger partial charge in [0.1, 0.15) is 24.4 Å². The van der Waals surface area contributed by atoms with E-state index in [0.29, 0.717) is 6.42 Å². The molecule has 0 aromatic rings. The molecular formula is C43H79NO9. The van der Waals surface area contributed by atoms with Crippen molar-refractivity contribution in [2.75, 3.05) is 13.2 Å². The van der Waals surface area contributed by atoms with Crippen LogP contribution in [-0.2, 0) is 14.3 Å². The topological polar surface area (TPSA) is 169 Å². The first kappa shape index (κ1) is 49.4. The molecule has 1 heterocycles. The van der Waals surface area contributed by atoms with E-state index >= 15 is 0 Å². The average molecular weight is 754 g/mol. The maximum atomic E-state index is 13.0. The van der Waals surface area contributed by atoms with Gasteiger partial charge in [0, 0.05) is 0 Å². The number of allylic oxidation sites excluding steroid dienone is 4. The molecule has 0 aromatic carbocycles. The van der Waals surface area contributed by atoms with Crippen LogP contribution in [0.4, 0.5) is 0 Å². The quantitative estimate of drug-likeness (QED) is 0.0274. The van der Waals surface area contributed by atoms with Crippen LogP contribution in [0.1, 0.15) is 168 Å². The zero-order chi connectivity index (χ0) is 39.1. The van der Waals surface area contributed by atoms with Crippen LogP contribution < -0.4 is 5.32 Å². The molecule has 1 aliphatic heterocycles. The van der Waals surface area contributed by atoms with Crippen LogP contribution in [0.15, 0.2) is 36.0 Å². The van der Waals surface area contributed by atoms with Crippen molar-refractivity contribution in [2.45, 2.75) is 217 Å². The average Bonchev–Trinajstić information content (AvgIpc) is 3.15. The highest BCUT2D eigenvalue weighted by Crippen LogP contribution is 2.22. The Balaban J connectivity index is 2.59. The molecule has 0 unspecified atom stereocenters. The van der Waals surface area contributed by atoms with Gasteiger partial charge in [-0.15, -0.1) is 0 Å². The summed E-state index contributed by atoms with van der Waals surface area (Å²) in [5.74, 6) is -0.713. The number of ether oxygens (including phenoxy) is 2. The number of hydrogen-bond acceptors (Lipinski definition) is 9. The first-order valence-corrected chi connectivity index (χ1v) is 21.2. The van der Waals surface area contributed by atoms with Gasteiger partial charge in [-0.25, -0.2) is 0 Å². The lowest BCUT2D eigenvalue weighted by atomic mass is 9.99. The van der Waals surface area contributed by atoms with Gasteiger partial charge >= 0.3 is 0 Å². The number of aliphatic hydroxyl groups is 6. The fraction of sp³-hybridized carbons (Fsp3) is 0.837. The summed E-state index contributed by atoms with van der Waals surface area (Å²) in [5.41, 5.74) is 1.35. The second-order valence-electron chi connectivity index (χ2n) is 15.1. The van der Waals surface area contributed by atoms with E-state index in [9.17, 15) is 35.4 Å². The molecular weight excluding hydrogens is 674 g/mol. The third kappa shape index (κ3) is 23.8. The molecule has 1 aliphatic rings.